The minimum absolute atomic E-state index is 0.219. The summed E-state index contributed by atoms with van der Waals surface area (Å²) in [6.07, 6.45) is 3.42. The summed E-state index contributed by atoms with van der Waals surface area (Å²) in [5, 5.41) is 10.4. The summed E-state index contributed by atoms with van der Waals surface area (Å²) in [4.78, 5) is 16.2. The molecule has 3 N–H and O–H groups in total. The van der Waals surface area contributed by atoms with Gasteiger partial charge in [0.2, 0.25) is 0 Å². The molecule has 1 amide bonds. The van der Waals surface area contributed by atoms with Gasteiger partial charge in [-0.05, 0) is 53.0 Å². The van der Waals surface area contributed by atoms with E-state index in [9.17, 15) is 9.90 Å². The Morgan fingerprint density at radius 3 is 2.50 bits per heavy atom. The highest BCUT2D eigenvalue weighted by atomic mass is 16.6. The maximum Gasteiger partial charge on any atom is 0.410 e. The molecule has 6 heteroatoms. The fraction of sp³-hybridized carbons (Fsp3) is 0.938. The molecule has 1 atom stereocenters. The van der Waals surface area contributed by atoms with E-state index < -0.39 is 11.2 Å². The van der Waals surface area contributed by atoms with Crippen LogP contribution in [0.25, 0.3) is 0 Å². The van der Waals surface area contributed by atoms with Gasteiger partial charge < -0.3 is 20.5 Å². The average Bonchev–Trinajstić information content (AvgIpc) is 2.46. The number of amides is 1. The van der Waals surface area contributed by atoms with Gasteiger partial charge in [0.1, 0.15) is 5.60 Å². The van der Waals surface area contributed by atoms with Crippen molar-refractivity contribution in [1.29, 1.82) is 0 Å². The number of nitrogens with zero attached hydrogens (tertiary/aromatic N) is 2. The minimum Gasteiger partial charge on any atom is -0.444 e. The molecule has 2 aliphatic heterocycles. The van der Waals surface area contributed by atoms with Gasteiger partial charge in [0.05, 0.1) is 5.60 Å². The van der Waals surface area contributed by atoms with Crippen LogP contribution in [0.1, 0.15) is 46.5 Å². The number of carbonyl (C=O) groups excluding carboxylic acids is 1. The SMILES string of the molecule is CC(C)(C)OC(=O)N1CCC(N2CCCC(O)(CN)C2)CC1. The van der Waals surface area contributed by atoms with Crippen LogP contribution in [0.4, 0.5) is 4.79 Å². The Morgan fingerprint density at radius 2 is 1.95 bits per heavy atom. The Balaban J connectivity index is 1.83. The second-order valence-corrected chi connectivity index (χ2v) is 7.70. The van der Waals surface area contributed by atoms with Crippen molar-refractivity contribution in [2.45, 2.75) is 63.7 Å². The van der Waals surface area contributed by atoms with E-state index in [0.717, 1.165) is 45.3 Å². The first kappa shape index (κ1) is 17.5. The third-order valence-corrected chi connectivity index (χ3v) is 4.60. The molecule has 2 heterocycles. The van der Waals surface area contributed by atoms with Gasteiger partial charge in [-0.25, -0.2) is 4.79 Å². The van der Waals surface area contributed by atoms with Crippen molar-refractivity contribution in [1.82, 2.24) is 9.80 Å². The molecule has 0 saturated carbocycles. The molecule has 128 valence electrons. The standard InChI is InChI=1S/C16H31N3O3/c1-15(2,3)22-14(20)18-9-5-13(6-10-18)19-8-4-7-16(21,11-17)12-19/h13,21H,4-12,17H2,1-3H3. The zero-order chi connectivity index (χ0) is 16.4. The zero-order valence-electron chi connectivity index (χ0n) is 14.2. The van der Waals surface area contributed by atoms with Crippen molar-refractivity contribution >= 4 is 6.09 Å². The third kappa shape index (κ3) is 4.57. The van der Waals surface area contributed by atoms with Crippen LogP contribution in [0.5, 0.6) is 0 Å². The predicted molar refractivity (Wildman–Crippen MR) is 85.6 cm³/mol. The summed E-state index contributed by atoms with van der Waals surface area (Å²) in [6, 6.07) is 0.428. The molecule has 0 bridgehead atoms. The molecule has 2 aliphatic rings. The molecule has 0 aliphatic carbocycles. The van der Waals surface area contributed by atoms with Crippen molar-refractivity contribution in [2.75, 3.05) is 32.7 Å². The minimum atomic E-state index is -0.736. The summed E-state index contributed by atoms with van der Waals surface area (Å²) < 4.78 is 5.43. The molecule has 0 radical (unpaired) electrons. The Bertz CT molecular complexity index is 389. The lowest BCUT2D eigenvalue weighted by Crippen LogP contribution is -2.57. The van der Waals surface area contributed by atoms with Crippen LogP contribution in [0, 0.1) is 0 Å². The van der Waals surface area contributed by atoms with Crippen LogP contribution in [0.15, 0.2) is 0 Å². The molecular weight excluding hydrogens is 282 g/mol. The first-order chi connectivity index (χ1) is 10.2. The molecule has 22 heavy (non-hydrogen) atoms. The molecule has 0 aromatic carbocycles. The number of nitrogens with two attached hydrogens (primary N) is 1. The van der Waals surface area contributed by atoms with Crippen LogP contribution in [-0.4, -0.2) is 71.0 Å². The van der Waals surface area contributed by atoms with E-state index in [0.29, 0.717) is 19.1 Å². The quantitative estimate of drug-likeness (QED) is 0.800. The van der Waals surface area contributed by atoms with Crippen molar-refractivity contribution < 1.29 is 14.6 Å². The van der Waals surface area contributed by atoms with Gasteiger partial charge in [-0.2, -0.15) is 0 Å². The predicted octanol–water partition coefficient (Wildman–Crippen LogP) is 1.17. The number of piperidine rings is 2. The second kappa shape index (κ2) is 6.72. The molecule has 1 unspecified atom stereocenters. The Labute approximate surface area is 133 Å². The van der Waals surface area contributed by atoms with E-state index in [1.54, 1.807) is 4.90 Å². The molecule has 2 rings (SSSR count). The maximum atomic E-state index is 12.1. The Morgan fingerprint density at radius 1 is 1.32 bits per heavy atom. The topological polar surface area (TPSA) is 79.0 Å². The van der Waals surface area contributed by atoms with Crippen molar-refractivity contribution in [3.05, 3.63) is 0 Å². The Hall–Kier alpha value is -0.850. The number of hydrogen-bond acceptors (Lipinski definition) is 5. The molecule has 0 aromatic rings. The number of β-amino-alcohol motifs (C(OH)–C–C–N with tert-alkyl or cyclic N) is 1. The van der Waals surface area contributed by atoms with E-state index in [4.69, 9.17) is 10.5 Å². The summed E-state index contributed by atoms with van der Waals surface area (Å²) in [5.74, 6) is 0. The molecule has 0 aromatic heterocycles. The van der Waals surface area contributed by atoms with E-state index >= 15 is 0 Å². The molecule has 6 nitrogen and oxygen atoms in total. The largest absolute Gasteiger partial charge is 0.444 e. The highest BCUT2D eigenvalue weighted by molar-refractivity contribution is 5.68. The molecular formula is C16H31N3O3. The summed E-state index contributed by atoms with van der Waals surface area (Å²) >= 11 is 0. The van der Waals surface area contributed by atoms with Gasteiger partial charge in [0.25, 0.3) is 0 Å². The van der Waals surface area contributed by atoms with E-state index in [-0.39, 0.29) is 6.09 Å². The molecule has 2 fully saturated rings. The smallest absolute Gasteiger partial charge is 0.410 e. The summed E-state index contributed by atoms with van der Waals surface area (Å²) in [7, 11) is 0. The first-order valence-corrected chi connectivity index (χ1v) is 8.37. The highest BCUT2D eigenvalue weighted by Gasteiger charge is 2.36. The average molecular weight is 313 g/mol. The van der Waals surface area contributed by atoms with Crippen LogP contribution < -0.4 is 5.73 Å². The monoisotopic (exact) mass is 313 g/mol. The number of hydrogen-bond donors (Lipinski definition) is 2. The Kier molecular flexibility index (Phi) is 5.35. The first-order valence-electron chi connectivity index (χ1n) is 8.37. The van der Waals surface area contributed by atoms with Crippen LogP contribution in [-0.2, 0) is 4.74 Å². The normalized spacial score (nSPS) is 28.7. The molecule has 0 spiro atoms. The van der Waals surface area contributed by atoms with Crippen molar-refractivity contribution in [3.63, 3.8) is 0 Å². The van der Waals surface area contributed by atoms with Gasteiger partial charge in [-0.1, -0.05) is 0 Å². The number of ether oxygens (including phenoxy) is 1. The van der Waals surface area contributed by atoms with Crippen molar-refractivity contribution in [2.24, 2.45) is 5.73 Å². The summed E-state index contributed by atoms with van der Waals surface area (Å²) in [5.41, 5.74) is 4.52. The summed E-state index contributed by atoms with van der Waals surface area (Å²) in [6.45, 7) is 9.09. The second-order valence-electron chi connectivity index (χ2n) is 7.70. The third-order valence-electron chi connectivity index (χ3n) is 4.60. The molecule has 2 saturated heterocycles. The lowest BCUT2D eigenvalue weighted by atomic mass is 9.90. The van der Waals surface area contributed by atoms with Gasteiger partial charge in [0.15, 0.2) is 0 Å². The number of rotatable bonds is 2. The highest BCUT2D eigenvalue weighted by Crippen LogP contribution is 2.26. The fourth-order valence-electron chi connectivity index (χ4n) is 3.37. The van der Waals surface area contributed by atoms with Crippen LogP contribution in [0.3, 0.4) is 0 Å². The van der Waals surface area contributed by atoms with Crippen LogP contribution in [0.2, 0.25) is 0 Å². The van der Waals surface area contributed by atoms with E-state index in [1.807, 2.05) is 20.8 Å². The maximum absolute atomic E-state index is 12.1. The number of carbonyl (C=O) groups is 1. The van der Waals surface area contributed by atoms with Crippen molar-refractivity contribution in [3.8, 4) is 0 Å². The lowest BCUT2D eigenvalue weighted by molar-refractivity contribution is -0.0468. The van der Waals surface area contributed by atoms with E-state index in [2.05, 4.69) is 4.90 Å². The fourth-order valence-corrected chi connectivity index (χ4v) is 3.37. The van der Waals surface area contributed by atoms with Gasteiger partial charge >= 0.3 is 6.09 Å². The zero-order valence-corrected chi connectivity index (χ0v) is 14.2. The van der Waals surface area contributed by atoms with Crippen LogP contribution >= 0.6 is 0 Å². The van der Waals surface area contributed by atoms with Gasteiger partial charge in [-0.3, -0.25) is 4.90 Å². The van der Waals surface area contributed by atoms with Gasteiger partial charge in [0, 0.05) is 32.2 Å². The lowest BCUT2D eigenvalue weighted by Gasteiger charge is -2.45. The number of aliphatic hydroxyl groups is 1. The van der Waals surface area contributed by atoms with E-state index in [1.165, 1.54) is 0 Å². The van der Waals surface area contributed by atoms with Gasteiger partial charge in [-0.15, -0.1) is 0 Å². The number of likely N-dealkylation sites (tertiary alicyclic amines) is 2.